The quantitative estimate of drug-likeness (QED) is 0.755. The van der Waals surface area contributed by atoms with Crippen LogP contribution in [0.15, 0.2) is 30.3 Å². The summed E-state index contributed by atoms with van der Waals surface area (Å²) in [5.74, 6) is -1.11. The Morgan fingerprint density at radius 1 is 1.29 bits per heavy atom. The molecule has 0 aliphatic heterocycles. The van der Waals surface area contributed by atoms with Crippen LogP contribution in [0.5, 0.6) is 0 Å². The molecule has 2 atom stereocenters. The fraction of sp³-hybridized carbons (Fsp3) is 0.500. The number of benzene rings is 1. The van der Waals surface area contributed by atoms with Crippen molar-refractivity contribution in [1.29, 1.82) is 0 Å². The van der Waals surface area contributed by atoms with Gasteiger partial charge in [-0.25, -0.2) is 0 Å². The van der Waals surface area contributed by atoms with E-state index in [1.165, 1.54) is 0 Å². The molecule has 1 aromatic rings. The first-order valence-corrected chi connectivity index (χ1v) is 6.46. The number of hydrogen-bond donors (Lipinski definition) is 2. The van der Waals surface area contributed by atoms with Crippen molar-refractivity contribution < 1.29 is 27.8 Å². The Bertz CT molecular complexity index is 437. The monoisotopic (exact) mass is 305 g/mol. The van der Waals surface area contributed by atoms with Crippen molar-refractivity contribution in [2.75, 3.05) is 13.1 Å². The molecule has 2 N–H and O–H groups in total. The third kappa shape index (κ3) is 6.59. The van der Waals surface area contributed by atoms with Gasteiger partial charge in [0.15, 0.2) is 6.10 Å². The van der Waals surface area contributed by atoms with Crippen LogP contribution < -0.4 is 5.32 Å². The molecule has 7 heteroatoms. The summed E-state index contributed by atoms with van der Waals surface area (Å²) < 4.78 is 41.2. The largest absolute Gasteiger partial charge is 0.461 e. The molecule has 0 aliphatic carbocycles. The lowest BCUT2D eigenvalue weighted by Gasteiger charge is -2.17. The maximum atomic E-state index is 12.1. The first-order valence-electron chi connectivity index (χ1n) is 6.46. The van der Waals surface area contributed by atoms with Crippen LogP contribution in [0.3, 0.4) is 0 Å². The lowest BCUT2D eigenvalue weighted by molar-refractivity contribution is -0.201. The third-order valence-corrected chi connectivity index (χ3v) is 2.79. The zero-order chi connectivity index (χ0) is 15.9. The number of ether oxygens (including phenoxy) is 1. The highest BCUT2D eigenvalue weighted by molar-refractivity contribution is 5.72. The van der Waals surface area contributed by atoms with Gasteiger partial charge in [0.2, 0.25) is 0 Å². The van der Waals surface area contributed by atoms with E-state index in [9.17, 15) is 18.0 Å². The first kappa shape index (κ1) is 17.5. The maximum Gasteiger partial charge on any atom is 0.415 e. The van der Waals surface area contributed by atoms with Crippen molar-refractivity contribution >= 4 is 5.97 Å². The van der Waals surface area contributed by atoms with Crippen molar-refractivity contribution in [3.63, 3.8) is 0 Å². The highest BCUT2D eigenvalue weighted by Gasteiger charge is 2.37. The number of aliphatic hydroxyl groups is 1. The van der Waals surface area contributed by atoms with Crippen LogP contribution in [0.1, 0.15) is 12.5 Å². The fourth-order valence-corrected chi connectivity index (χ4v) is 1.51. The maximum absolute atomic E-state index is 12.1. The van der Waals surface area contributed by atoms with Gasteiger partial charge in [0.25, 0.3) is 0 Å². The second kappa shape index (κ2) is 7.99. The number of rotatable bonds is 7. The van der Waals surface area contributed by atoms with Crippen molar-refractivity contribution in [2.24, 2.45) is 5.92 Å². The van der Waals surface area contributed by atoms with Crippen LogP contribution in [0.25, 0.3) is 0 Å². The molecule has 0 saturated carbocycles. The molecule has 0 aliphatic rings. The molecular weight excluding hydrogens is 287 g/mol. The minimum Gasteiger partial charge on any atom is -0.461 e. The smallest absolute Gasteiger partial charge is 0.415 e. The lowest BCUT2D eigenvalue weighted by atomic mass is 10.2. The predicted octanol–water partition coefficient (Wildman–Crippen LogP) is 1.88. The Balaban J connectivity index is 2.25. The molecule has 1 aromatic carbocycles. The van der Waals surface area contributed by atoms with E-state index in [2.05, 4.69) is 5.32 Å². The fourth-order valence-electron chi connectivity index (χ4n) is 1.51. The van der Waals surface area contributed by atoms with Gasteiger partial charge in [-0.1, -0.05) is 37.3 Å². The Kier molecular flexibility index (Phi) is 6.64. The van der Waals surface area contributed by atoms with E-state index in [1.54, 1.807) is 19.1 Å². The van der Waals surface area contributed by atoms with Crippen LogP contribution >= 0.6 is 0 Å². The Labute approximate surface area is 120 Å². The Morgan fingerprint density at radius 2 is 1.90 bits per heavy atom. The number of carbonyl (C=O) groups excluding carboxylic acids is 1. The van der Waals surface area contributed by atoms with Gasteiger partial charge in [-0.05, 0) is 5.56 Å². The van der Waals surface area contributed by atoms with E-state index in [0.29, 0.717) is 0 Å². The van der Waals surface area contributed by atoms with Gasteiger partial charge in [0, 0.05) is 13.1 Å². The van der Waals surface area contributed by atoms with Gasteiger partial charge >= 0.3 is 12.1 Å². The molecule has 0 fully saturated rings. The topological polar surface area (TPSA) is 58.6 Å². The van der Waals surface area contributed by atoms with E-state index < -0.39 is 30.7 Å². The van der Waals surface area contributed by atoms with Crippen LogP contribution in [0, 0.1) is 5.92 Å². The predicted molar refractivity (Wildman–Crippen MR) is 70.3 cm³/mol. The van der Waals surface area contributed by atoms with Crippen LogP contribution in [0.4, 0.5) is 13.2 Å². The average Bonchev–Trinajstić information content (AvgIpc) is 2.44. The van der Waals surface area contributed by atoms with E-state index in [-0.39, 0.29) is 13.2 Å². The van der Waals surface area contributed by atoms with Gasteiger partial charge in [-0.3, -0.25) is 4.79 Å². The summed E-state index contributed by atoms with van der Waals surface area (Å²) in [5, 5.41) is 11.2. The van der Waals surface area contributed by atoms with E-state index in [1.807, 2.05) is 18.2 Å². The standard InChI is InChI=1S/C14H18F3NO3/c1-10(7-18-8-12(19)14(15,16)17)13(20)21-9-11-5-3-2-4-6-11/h2-6,10,12,18-19H,7-9H2,1H3. The second-order valence-electron chi connectivity index (χ2n) is 4.71. The molecule has 0 saturated heterocycles. The number of nitrogens with one attached hydrogen (secondary N) is 1. The summed E-state index contributed by atoms with van der Waals surface area (Å²) in [4.78, 5) is 11.6. The number of halogens is 3. The first-order chi connectivity index (χ1) is 9.80. The zero-order valence-corrected chi connectivity index (χ0v) is 11.6. The molecule has 2 unspecified atom stereocenters. The molecular formula is C14H18F3NO3. The highest BCUT2D eigenvalue weighted by Crippen LogP contribution is 2.19. The minimum absolute atomic E-state index is 0.000757. The summed E-state index contributed by atoms with van der Waals surface area (Å²) in [6.07, 6.45) is -7.10. The summed E-state index contributed by atoms with van der Waals surface area (Å²) in [7, 11) is 0. The van der Waals surface area contributed by atoms with Crippen LogP contribution in [-0.4, -0.2) is 36.4 Å². The number of carbonyl (C=O) groups is 1. The van der Waals surface area contributed by atoms with Gasteiger partial charge in [0.05, 0.1) is 5.92 Å². The summed E-state index contributed by atoms with van der Waals surface area (Å²) in [5.41, 5.74) is 0.832. The number of alkyl halides is 3. The van der Waals surface area contributed by atoms with Crippen molar-refractivity contribution in [3.8, 4) is 0 Å². The molecule has 0 heterocycles. The molecule has 0 spiro atoms. The number of esters is 1. The zero-order valence-electron chi connectivity index (χ0n) is 11.6. The van der Waals surface area contributed by atoms with E-state index in [0.717, 1.165) is 5.56 Å². The molecule has 1 rings (SSSR count). The van der Waals surface area contributed by atoms with Crippen molar-refractivity contribution in [3.05, 3.63) is 35.9 Å². The normalized spacial score (nSPS) is 14.5. The molecule has 4 nitrogen and oxygen atoms in total. The van der Waals surface area contributed by atoms with Gasteiger partial charge in [-0.15, -0.1) is 0 Å². The van der Waals surface area contributed by atoms with Crippen LogP contribution in [-0.2, 0) is 16.1 Å². The second-order valence-corrected chi connectivity index (χ2v) is 4.71. The molecule has 0 bridgehead atoms. The summed E-state index contributed by atoms with van der Waals surface area (Å²) >= 11 is 0. The number of aliphatic hydroxyl groups excluding tert-OH is 1. The van der Waals surface area contributed by atoms with E-state index >= 15 is 0 Å². The SMILES string of the molecule is CC(CNCC(O)C(F)(F)F)C(=O)OCc1ccccc1. The van der Waals surface area contributed by atoms with Crippen molar-refractivity contribution in [1.82, 2.24) is 5.32 Å². The third-order valence-electron chi connectivity index (χ3n) is 2.79. The molecule has 21 heavy (non-hydrogen) atoms. The lowest BCUT2D eigenvalue weighted by Crippen LogP contribution is -2.40. The molecule has 0 amide bonds. The molecule has 0 aromatic heterocycles. The Morgan fingerprint density at radius 3 is 2.48 bits per heavy atom. The Hall–Kier alpha value is -1.60. The molecule has 0 radical (unpaired) electrons. The minimum atomic E-state index is -4.66. The van der Waals surface area contributed by atoms with Crippen molar-refractivity contribution in [2.45, 2.75) is 25.8 Å². The van der Waals surface area contributed by atoms with E-state index in [4.69, 9.17) is 9.84 Å². The summed E-state index contributed by atoms with van der Waals surface area (Å²) in [6, 6.07) is 9.06. The van der Waals surface area contributed by atoms with Gasteiger partial charge < -0.3 is 15.2 Å². The highest BCUT2D eigenvalue weighted by atomic mass is 19.4. The van der Waals surface area contributed by atoms with Crippen LogP contribution in [0.2, 0.25) is 0 Å². The van der Waals surface area contributed by atoms with Gasteiger partial charge in [0.1, 0.15) is 6.61 Å². The van der Waals surface area contributed by atoms with Gasteiger partial charge in [-0.2, -0.15) is 13.2 Å². The average molecular weight is 305 g/mol. The molecule has 118 valence electrons. The number of hydrogen-bond acceptors (Lipinski definition) is 4. The summed E-state index contributed by atoms with van der Waals surface area (Å²) in [6.45, 7) is 1.01.